The van der Waals surface area contributed by atoms with Crippen LogP contribution in [0.1, 0.15) is 20.8 Å². The van der Waals surface area contributed by atoms with E-state index in [-0.39, 0.29) is 5.41 Å². The smallest absolute Gasteiger partial charge is 0.0717 e. The molecule has 0 aromatic heterocycles. The van der Waals surface area contributed by atoms with Gasteiger partial charge in [0.1, 0.15) is 0 Å². The van der Waals surface area contributed by atoms with E-state index in [4.69, 9.17) is 0 Å². The zero-order valence-corrected chi connectivity index (χ0v) is 6.60. The second kappa shape index (κ2) is 2.31. The molecule has 0 unspecified atom stereocenters. The lowest BCUT2D eigenvalue weighted by Gasteiger charge is -2.18. The molecule has 1 aliphatic heterocycles. The number of nitrogens with zero attached hydrogens (tertiary/aromatic N) is 1. The predicted octanol–water partition coefficient (Wildman–Crippen LogP) is 1.66. The van der Waals surface area contributed by atoms with Gasteiger partial charge >= 0.3 is 0 Å². The Morgan fingerprint density at radius 3 is 2.50 bits per heavy atom. The summed E-state index contributed by atoms with van der Waals surface area (Å²) < 4.78 is 0. The number of nitrogens with one attached hydrogen (secondary N) is 1. The van der Waals surface area contributed by atoms with Crippen molar-refractivity contribution in [2.45, 2.75) is 20.8 Å². The Labute approximate surface area is 61.4 Å². The molecule has 0 amide bonds. The van der Waals surface area contributed by atoms with Crippen LogP contribution in [0.5, 0.6) is 0 Å². The zero-order chi connectivity index (χ0) is 7.61. The van der Waals surface area contributed by atoms with Gasteiger partial charge in [0.25, 0.3) is 0 Å². The van der Waals surface area contributed by atoms with Crippen molar-refractivity contribution in [3.63, 3.8) is 0 Å². The highest BCUT2D eigenvalue weighted by atomic mass is 14.9. The Morgan fingerprint density at radius 2 is 2.20 bits per heavy atom. The Morgan fingerprint density at radius 1 is 1.50 bits per heavy atom. The second-order valence-corrected chi connectivity index (χ2v) is 3.33. The van der Waals surface area contributed by atoms with Gasteiger partial charge in [0.15, 0.2) is 0 Å². The summed E-state index contributed by atoms with van der Waals surface area (Å²) in [6, 6.07) is 0. The van der Waals surface area contributed by atoms with Crippen LogP contribution in [0.15, 0.2) is 23.1 Å². The molecule has 0 saturated heterocycles. The van der Waals surface area contributed by atoms with Crippen molar-refractivity contribution in [1.29, 1.82) is 0 Å². The van der Waals surface area contributed by atoms with Crippen LogP contribution < -0.4 is 5.32 Å². The van der Waals surface area contributed by atoms with Crippen molar-refractivity contribution in [1.82, 2.24) is 5.32 Å². The van der Waals surface area contributed by atoms with Crippen LogP contribution in [0, 0.1) is 5.41 Å². The van der Waals surface area contributed by atoms with Crippen molar-refractivity contribution in [2.24, 2.45) is 10.4 Å². The first-order valence-corrected chi connectivity index (χ1v) is 3.35. The molecule has 1 rings (SSSR count). The molecule has 1 heterocycles. The van der Waals surface area contributed by atoms with E-state index in [1.54, 1.807) is 6.20 Å². The van der Waals surface area contributed by atoms with Crippen LogP contribution in [-0.4, -0.2) is 5.87 Å². The summed E-state index contributed by atoms with van der Waals surface area (Å²) in [4.78, 5) is 4.09. The molecule has 0 aromatic carbocycles. The lowest BCUT2D eigenvalue weighted by Crippen LogP contribution is -2.12. The summed E-state index contributed by atoms with van der Waals surface area (Å²) in [5, 5.41) is 2.95. The summed E-state index contributed by atoms with van der Waals surface area (Å²) in [6.07, 6.45) is 3.59. The number of allylic oxidation sites excluding steroid dienone is 1. The van der Waals surface area contributed by atoms with Gasteiger partial charge in [-0.1, -0.05) is 20.8 Å². The lowest BCUT2D eigenvalue weighted by atomic mass is 9.93. The number of aliphatic imine (C=N–C) groups is 1. The number of hydrogen-bond acceptors (Lipinski definition) is 2. The van der Waals surface area contributed by atoms with Crippen molar-refractivity contribution in [3.8, 4) is 0 Å². The second-order valence-electron chi connectivity index (χ2n) is 3.33. The van der Waals surface area contributed by atoms with Crippen LogP contribution in [0.25, 0.3) is 0 Å². The molecule has 0 atom stereocenters. The molecule has 1 aliphatic rings. The van der Waals surface area contributed by atoms with Crippen LogP contribution in [-0.2, 0) is 0 Å². The van der Waals surface area contributed by atoms with Gasteiger partial charge in [-0.25, -0.2) is 4.99 Å². The largest absolute Gasteiger partial charge is 0.358 e. The molecule has 10 heavy (non-hydrogen) atoms. The average Bonchev–Trinajstić information content (AvgIpc) is 1.88. The van der Waals surface area contributed by atoms with E-state index in [1.165, 1.54) is 0 Å². The molecule has 0 spiro atoms. The minimum atomic E-state index is 0.119. The van der Waals surface area contributed by atoms with E-state index in [2.05, 4.69) is 37.0 Å². The van der Waals surface area contributed by atoms with E-state index in [0.29, 0.717) is 0 Å². The van der Waals surface area contributed by atoms with Crippen LogP contribution in [0.2, 0.25) is 0 Å². The molecule has 54 valence electrons. The first-order valence-electron chi connectivity index (χ1n) is 3.35. The number of rotatable bonds is 0. The van der Waals surface area contributed by atoms with E-state index < -0.39 is 0 Å². The highest BCUT2D eigenvalue weighted by Crippen LogP contribution is 2.25. The fourth-order valence-corrected chi connectivity index (χ4v) is 0.676. The maximum atomic E-state index is 4.09. The van der Waals surface area contributed by atoms with Gasteiger partial charge in [0.05, 0.1) is 11.9 Å². The number of hydrogen-bond donors (Lipinski definition) is 1. The molecule has 0 aliphatic carbocycles. The van der Waals surface area contributed by atoms with Gasteiger partial charge in [0, 0.05) is 17.5 Å². The van der Waals surface area contributed by atoms with E-state index in [0.717, 1.165) is 5.70 Å². The maximum absolute atomic E-state index is 4.09. The van der Waals surface area contributed by atoms with Crippen LogP contribution >= 0.6 is 0 Å². The van der Waals surface area contributed by atoms with E-state index >= 15 is 0 Å². The van der Waals surface area contributed by atoms with Crippen molar-refractivity contribution < 1.29 is 0 Å². The quantitative estimate of drug-likeness (QED) is 0.538. The fraction of sp³-hybridized carbons (Fsp3) is 0.500. The van der Waals surface area contributed by atoms with Gasteiger partial charge in [-0.2, -0.15) is 0 Å². The molecule has 0 radical (unpaired) electrons. The van der Waals surface area contributed by atoms with Crippen molar-refractivity contribution in [2.75, 3.05) is 0 Å². The zero-order valence-electron chi connectivity index (χ0n) is 6.60. The molecule has 0 aromatic rings. The normalized spacial score (nSPS) is 16.5. The molecule has 0 bridgehead atoms. The van der Waals surface area contributed by atoms with Gasteiger partial charge in [-0.3, -0.25) is 0 Å². The first-order chi connectivity index (χ1) is 4.61. The summed E-state index contributed by atoms with van der Waals surface area (Å²) in [5.41, 5.74) is 1.16. The summed E-state index contributed by atoms with van der Waals surface area (Å²) in [7, 11) is 0. The molecular weight excluding hydrogens is 124 g/mol. The van der Waals surface area contributed by atoms with Gasteiger partial charge in [0.2, 0.25) is 0 Å². The standard InChI is InChI=1S/C8H12N2/c1-8(2,3)7-6-9-4-5-10-7/h4,6,9H,1-3H3. The SMILES string of the molecule is CC(C)(C)C1=CNC=C=N1. The molecular formula is C8H12N2. The topological polar surface area (TPSA) is 24.4 Å². The minimum Gasteiger partial charge on any atom is -0.358 e. The predicted molar refractivity (Wildman–Crippen MR) is 42.7 cm³/mol. The fourth-order valence-electron chi connectivity index (χ4n) is 0.676. The third-order valence-electron chi connectivity index (χ3n) is 1.32. The van der Waals surface area contributed by atoms with Crippen LogP contribution in [0.3, 0.4) is 0 Å². The lowest BCUT2D eigenvalue weighted by molar-refractivity contribution is 0.495. The highest BCUT2D eigenvalue weighted by Gasteiger charge is 2.16. The first kappa shape index (κ1) is 7.10. The van der Waals surface area contributed by atoms with Crippen molar-refractivity contribution in [3.05, 3.63) is 18.1 Å². The summed E-state index contributed by atoms with van der Waals surface area (Å²) in [6.45, 7) is 6.37. The Hall–Kier alpha value is -1.01. The van der Waals surface area contributed by atoms with E-state index in [1.807, 2.05) is 6.20 Å². The minimum absolute atomic E-state index is 0.119. The van der Waals surface area contributed by atoms with E-state index in [9.17, 15) is 0 Å². The molecule has 1 N–H and O–H groups in total. The highest BCUT2D eigenvalue weighted by molar-refractivity contribution is 5.55. The molecule has 0 fully saturated rings. The Balaban J connectivity index is 2.85. The Bertz CT molecular complexity index is 212. The molecule has 2 heteroatoms. The molecule has 2 nitrogen and oxygen atoms in total. The maximum Gasteiger partial charge on any atom is 0.0717 e. The third-order valence-corrected chi connectivity index (χ3v) is 1.32. The van der Waals surface area contributed by atoms with Gasteiger partial charge in [-0.05, 0) is 0 Å². The van der Waals surface area contributed by atoms with Gasteiger partial charge in [-0.15, -0.1) is 0 Å². The average molecular weight is 136 g/mol. The third kappa shape index (κ3) is 1.49. The summed E-state index contributed by atoms with van der Waals surface area (Å²) >= 11 is 0. The summed E-state index contributed by atoms with van der Waals surface area (Å²) in [5.74, 6) is 2.76. The molecule has 0 saturated carbocycles. The van der Waals surface area contributed by atoms with Gasteiger partial charge < -0.3 is 5.32 Å². The van der Waals surface area contributed by atoms with Crippen LogP contribution in [0.4, 0.5) is 0 Å². The van der Waals surface area contributed by atoms with Crippen molar-refractivity contribution >= 4 is 5.87 Å². The monoisotopic (exact) mass is 136 g/mol. The Kier molecular flexibility index (Phi) is 1.64.